The minimum Gasteiger partial charge on any atom is -0.319 e. The van der Waals surface area contributed by atoms with Gasteiger partial charge in [0.15, 0.2) is 0 Å². The molecule has 0 aliphatic rings. The summed E-state index contributed by atoms with van der Waals surface area (Å²) in [5, 5.41) is 3.66. The normalized spacial score (nSPS) is 12.4. The lowest BCUT2D eigenvalue weighted by atomic mass is 9.92. The third kappa shape index (κ3) is 3.78. The number of rotatable bonds is 5. The average molecular weight is 296 g/mol. The molecule has 0 aliphatic heterocycles. The molecule has 0 saturated carbocycles. The fourth-order valence-corrected chi connectivity index (χ4v) is 2.45. The van der Waals surface area contributed by atoms with E-state index in [9.17, 15) is 8.78 Å². The number of benzene rings is 2. The minimum atomic E-state index is -0.299. The topological polar surface area (TPSA) is 12.0 Å². The molecule has 2 aromatic carbocycles. The first-order valence-corrected chi connectivity index (χ1v) is 6.82. The molecule has 0 aromatic heterocycles. The Morgan fingerprint density at radius 1 is 1.05 bits per heavy atom. The Bertz CT molecular complexity index is 569. The van der Waals surface area contributed by atoms with Crippen LogP contribution in [0.25, 0.3) is 0 Å². The molecular weight excluding hydrogens is 280 g/mol. The number of likely N-dealkylation sites (N-methyl/N-ethyl adjacent to an activating group) is 1. The van der Waals surface area contributed by atoms with Crippen LogP contribution in [0.2, 0.25) is 5.02 Å². The highest BCUT2D eigenvalue weighted by Crippen LogP contribution is 2.25. The molecule has 0 bridgehead atoms. The second kappa shape index (κ2) is 6.82. The molecule has 1 atom stereocenters. The number of halogens is 3. The quantitative estimate of drug-likeness (QED) is 0.873. The molecule has 4 heteroatoms. The molecule has 1 nitrogen and oxygen atoms in total. The van der Waals surface area contributed by atoms with E-state index in [1.165, 1.54) is 24.3 Å². The minimum absolute atomic E-state index is 0.111. The van der Waals surface area contributed by atoms with Crippen LogP contribution in [-0.2, 0) is 6.42 Å². The predicted molar refractivity (Wildman–Crippen MR) is 78.2 cm³/mol. The van der Waals surface area contributed by atoms with Crippen molar-refractivity contribution in [1.29, 1.82) is 0 Å². The molecule has 0 saturated heterocycles. The Hall–Kier alpha value is -1.45. The summed E-state index contributed by atoms with van der Waals surface area (Å²) in [5.74, 6) is -0.452. The lowest BCUT2D eigenvalue weighted by molar-refractivity contribution is 0.603. The van der Waals surface area contributed by atoms with Gasteiger partial charge in [-0.3, -0.25) is 0 Å². The molecule has 106 valence electrons. The van der Waals surface area contributed by atoms with Gasteiger partial charge in [0, 0.05) is 17.5 Å². The zero-order chi connectivity index (χ0) is 14.5. The van der Waals surface area contributed by atoms with Crippen molar-refractivity contribution < 1.29 is 8.78 Å². The second-order valence-electron chi connectivity index (χ2n) is 4.75. The molecule has 0 aliphatic carbocycles. The standard InChI is InChI=1S/C16H16ClF2N/c1-20-10-13(11-2-4-14(18)5-3-11)8-12-9-15(19)6-7-16(12)17/h2-7,9,13,20H,8,10H2,1H3. The summed E-state index contributed by atoms with van der Waals surface area (Å²) in [6.45, 7) is 0.707. The zero-order valence-electron chi connectivity index (χ0n) is 11.2. The molecular formula is C16H16ClF2N. The van der Waals surface area contributed by atoms with Crippen LogP contribution in [0.1, 0.15) is 17.0 Å². The molecule has 0 heterocycles. The Labute approximate surface area is 122 Å². The lowest BCUT2D eigenvalue weighted by Gasteiger charge is -2.18. The van der Waals surface area contributed by atoms with Crippen molar-refractivity contribution in [2.45, 2.75) is 12.3 Å². The summed E-state index contributed by atoms with van der Waals surface area (Å²) in [4.78, 5) is 0. The van der Waals surface area contributed by atoms with E-state index < -0.39 is 0 Å². The van der Waals surface area contributed by atoms with Crippen molar-refractivity contribution in [3.8, 4) is 0 Å². The first-order valence-electron chi connectivity index (χ1n) is 6.44. The van der Waals surface area contributed by atoms with Crippen LogP contribution in [-0.4, -0.2) is 13.6 Å². The van der Waals surface area contributed by atoms with Crippen molar-refractivity contribution in [3.05, 3.63) is 70.2 Å². The van der Waals surface area contributed by atoms with Crippen LogP contribution in [0.5, 0.6) is 0 Å². The van der Waals surface area contributed by atoms with E-state index in [0.717, 1.165) is 11.1 Å². The molecule has 1 unspecified atom stereocenters. The van der Waals surface area contributed by atoms with Gasteiger partial charge >= 0.3 is 0 Å². The smallest absolute Gasteiger partial charge is 0.123 e. The second-order valence-corrected chi connectivity index (χ2v) is 5.15. The predicted octanol–water partition coefficient (Wildman–Crippen LogP) is 4.16. The molecule has 2 aromatic rings. The molecule has 0 radical (unpaired) electrons. The molecule has 0 spiro atoms. The van der Waals surface area contributed by atoms with Gasteiger partial charge in [0.05, 0.1) is 0 Å². The third-order valence-corrected chi connectivity index (χ3v) is 3.63. The van der Waals surface area contributed by atoms with E-state index >= 15 is 0 Å². The largest absolute Gasteiger partial charge is 0.319 e. The van der Waals surface area contributed by atoms with Crippen LogP contribution < -0.4 is 5.32 Å². The van der Waals surface area contributed by atoms with Crippen molar-refractivity contribution >= 4 is 11.6 Å². The van der Waals surface area contributed by atoms with Crippen molar-refractivity contribution in [2.75, 3.05) is 13.6 Å². The molecule has 0 fully saturated rings. The SMILES string of the molecule is CNCC(Cc1cc(F)ccc1Cl)c1ccc(F)cc1. The highest BCUT2D eigenvalue weighted by Gasteiger charge is 2.14. The van der Waals surface area contributed by atoms with Crippen LogP contribution in [0.15, 0.2) is 42.5 Å². The Balaban J connectivity index is 2.25. The van der Waals surface area contributed by atoms with Gasteiger partial charge in [-0.1, -0.05) is 23.7 Å². The first kappa shape index (κ1) is 14.9. The van der Waals surface area contributed by atoms with Gasteiger partial charge in [-0.2, -0.15) is 0 Å². The maximum absolute atomic E-state index is 13.3. The van der Waals surface area contributed by atoms with Crippen LogP contribution in [0, 0.1) is 11.6 Å². The van der Waals surface area contributed by atoms with E-state index in [4.69, 9.17) is 11.6 Å². The lowest BCUT2D eigenvalue weighted by Crippen LogP contribution is -2.19. The number of hydrogen-bond acceptors (Lipinski definition) is 1. The van der Waals surface area contributed by atoms with Crippen LogP contribution in [0.4, 0.5) is 8.78 Å². The third-order valence-electron chi connectivity index (χ3n) is 3.27. The highest BCUT2D eigenvalue weighted by molar-refractivity contribution is 6.31. The molecule has 1 N–H and O–H groups in total. The van der Waals surface area contributed by atoms with Crippen LogP contribution >= 0.6 is 11.6 Å². The Kier molecular flexibility index (Phi) is 5.10. The zero-order valence-corrected chi connectivity index (χ0v) is 11.9. The monoisotopic (exact) mass is 295 g/mol. The average Bonchev–Trinajstić information content (AvgIpc) is 2.43. The van der Waals surface area contributed by atoms with Gasteiger partial charge in [-0.05, 0) is 54.9 Å². The van der Waals surface area contributed by atoms with E-state index in [0.29, 0.717) is 18.0 Å². The summed E-state index contributed by atoms with van der Waals surface area (Å²) < 4.78 is 26.3. The van der Waals surface area contributed by atoms with Gasteiger partial charge in [0.1, 0.15) is 11.6 Å². The number of nitrogens with one attached hydrogen (secondary N) is 1. The van der Waals surface area contributed by atoms with E-state index in [2.05, 4.69) is 5.32 Å². The highest BCUT2D eigenvalue weighted by atomic mass is 35.5. The van der Waals surface area contributed by atoms with Gasteiger partial charge in [0.2, 0.25) is 0 Å². The van der Waals surface area contributed by atoms with Crippen molar-refractivity contribution in [2.24, 2.45) is 0 Å². The fourth-order valence-electron chi connectivity index (χ4n) is 2.25. The summed E-state index contributed by atoms with van der Waals surface area (Å²) in [6.07, 6.45) is 0.600. The molecule has 20 heavy (non-hydrogen) atoms. The summed E-state index contributed by atoms with van der Waals surface area (Å²) >= 11 is 6.11. The van der Waals surface area contributed by atoms with Gasteiger partial charge in [-0.25, -0.2) is 8.78 Å². The van der Waals surface area contributed by atoms with Crippen LogP contribution in [0.3, 0.4) is 0 Å². The summed E-state index contributed by atoms with van der Waals surface area (Å²) in [5.41, 5.74) is 1.76. The van der Waals surface area contributed by atoms with Crippen molar-refractivity contribution in [3.63, 3.8) is 0 Å². The van der Waals surface area contributed by atoms with Crippen molar-refractivity contribution in [1.82, 2.24) is 5.32 Å². The number of hydrogen-bond donors (Lipinski definition) is 1. The Morgan fingerprint density at radius 3 is 2.35 bits per heavy atom. The molecule has 0 amide bonds. The summed E-state index contributed by atoms with van der Waals surface area (Å²) in [6, 6.07) is 10.7. The maximum Gasteiger partial charge on any atom is 0.123 e. The fraction of sp³-hybridized carbons (Fsp3) is 0.250. The van der Waals surface area contributed by atoms with Gasteiger partial charge in [-0.15, -0.1) is 0 Å². The summed E-state index contributed by atoms with van der Waals surface area (Å²) in [7, 11) is 1.85. The van der Waals surface area contributed by atoms with Gasteiger partial charge in [0.25, 0.3) is 0 Å². The first-order chi connectivity index (χ1) is 9.60. The van der Waals surface area contributed by atoms with Gasteiger partial charge < -0.3 is 5.32 Å². The Morgan fingerprint density at radius 2 is 1.70 bits per heavy atom. The van der Waals surface area contributed by atoms with E-state index in [-0.39, 0.29) is 17.6 Å². The van der Waals surface area contributed by atoms with E-state index in [1.54, 1.807) is 18.2 Å². The maximum atomic E-state index is 13.3. The van der Waals surface area contributed by atoms with E-state index in [1.807, 2.05) is 7.05 Å². The molecule has 2 rings (SSSR count).